The summed E-state index contributed by atoms with van der Waals surface area (Å²) in [6.45, 7) is 3.04. The summed E-state index contributed by atoms with van der Waals surface area (Å²) >= 11 is 0. The number of carbonyl (C=O) groups excluding carboxylic acids is 1. The number of carbonyl (C=O) groups is 1. The van der Waals surface area contributed by atoms with Gasteiger partial charge in [0.05, 0.1) is 18.1 Å². The summed E-state index contributed by atoms with van der Waals surface area (Å²) in [7, 11) is 1.65. The molecule has 8 nitrogen and oxygen atoms in total. The van der Waals surface area contributed by atoms with Gasteiger partial charge in [-0.1, -0.05) is 36.4 Å². The van der Waals surface area contributed by atoms with Gasteiger partial charge in [0, 0.05) is 44.0 Å². The number of methoxy groups -OCH3 is 1. The number of rotatable bonds is 4. The van der Waals surface area contributed by atoms with Crippen LogP contribution in [0.2, 0.25) is 0 Å². The Bertz CT molecular complexity index is 1460. The molecule has 0 radical (unpaired) electrons. The smallest absolute Gasteiger partial charge is 0.365 e. The molecule has 2 aliphatic heterocycles. The fourth-order valence-electron chi connectivity index (χ4n) is 4.41. The molecule has 34 heavy (non-hydrogen) atoms. The fourth-order valence-corrected chi connectivity index (χ4v) is 4.41. The Morgan fingerprint density at radius 1 is 1.03 bits per heavy atom. The third kappa shape index (κ3) is 3.63. The molecule has 3 heterocycles. The molecule has 1 aromatic heterocycles. The number of hydrogen-bond donors (Lipinski definition) is 1. The molecule has 0 saturated carbocycles. The predicted molar refractivity (Wildman–Crippen MR) is 131 cm³/mol. The maximum atomic E-state index is 12.5. The van der Waals surface area contributed by atoms with Gasteiger partial charge in [0.1, 0.15) is 5.75 Å². The second kappa shape index (κ2) is 8.22. The highest BCUT2D eigenvalue weighted by Gasteiger charge is 2.27. The van der Waals surface area contributed by atoms with E-state index in [1.54, 1.807) is 13.3 Å². The molecule has 1 N–H and O–H groups in total. The van der Waals surface area contributed by atoms with Crippen molar-refractivity contribution in [3.63, 3.8) is 0 Å². The van der Waals surface area contributed by atoms with Gasteiger partial charge in [0.2, 0.25) is 11.8 Å². The van der Waals surface area contributed by atoms with E-state index in [9.17, 15) is 4.79 Å². The lowest BCUT2D eigenvalue weighted by molar-refractivity contribution is -0.130. The van der Waals surface area contributed by atoms with Gasteiger partial charge in [-0.15, -0.1) is 0 Å². The average Bonchev–Trinajstić information content (AvgIpc) is 3.47. The molecular formula is C26H23N5O3. The van der Waals surface area contributed by atoms with Crippen molar-refractivity contribution in [2.24, 2.45) is 4.99 Å². The highest BCUT2D eigenvalue weighted by molar-refractivity contribution is 6.16. The molecule has 6 rings (SSSR count). The number of esters is 1. The Balaban J connectivity index is 1.18. The van der Waals surface area contributed by atoms with Crippen LogP contribution in [0.4, 0.5) is 5.95 Å². The van der Waals surface area contributed by atoms with Crippen LogP contribution >= 0.6 is 0 Å². The predicted octanol–water partition coefficient (Wildman–Crippen LogP) is 3.69. The third-order valence-corrected chi connectivity index (χ3v) is 6.24. The Hall–Kier alpha value is -4.33. The number of anilines is 1. The summed E-state index contributed by atoms with van der Waals surface area (Å²) in [5.74, 6) is 1.57. The minimum absolute atomic E-state index is 0.326. The summed E-state index contributed by atoms with van der Waals surface area (Å²) in [6, 6.07) is 19.7. The first-order chi connectivity index (χ1) is 16.7. The molecule has 0 aliphatic carbocycles. The van der Waals surface area contributed by atoms with Gasteiger partial charge in [-0.05, 0) is 29.0 Å². The number of benzene rings is 3. The maximum absolute atomic E-state index is 12.5. The molecule has 0 amide bonds. The van der Waals surface area contributed by atoms with Crippen molar-refractivity contribution in [2.75, 3.05) is 38.2 Å². The van der Waals surface area contributed by atoms with Crippen molar-refractivity contribution in [3.8, 4) is 5.75 Å². The minimum Gasteiger partial charge on any atom is -0.497 e. The van der Waals surface area contributed by atoms with Crippen LogP contribution in [-0.2, 0) is 9.53 Å². The number of H-pyrrole nitrogens is 1. The van der Waals surface area contributed by atoms with Gasteiger partial charge in [0.15, 0.2) is 5.70 Å². The van der Waals surface area contributed by atoms with Crippen LogP contribution in [-0.4, -0.2) is 60.0 Å². The first kappa shape index (κ1) is 20.3. The van der Waals surface area contributed by atoms with Crippen molar-refractivity contribution >= 4 is 39.6 Å². The Morgan fingerprint density at radius 3 is 2.71 bits per heavy atom. The molecule has 0 bridgehead atoms. The molecule has 0 atom stereocenters. The van der Waals surface area contributed by atoms with E-state index in [0.29, 0.717) is 11.6 Å². The van der Waals surface area contributed by atoms with Crippen molar-refractivity contribution in [1.82, 2.24) is 14.9 Å². The highest BCUT2D eigenvalue weighted by Crippen LogP contribution is 2.25. The van der Waals surface area contributed by atoms with Crippen LogP contribution in [0, 0.1) is 0 Å². The highest BCUT2D eigenvalue weighted by atomic mass is 16.6. The molecule has 8 heteroatoms. The van der Waals surface area contributed by atoms with E-state index < -0.39 is 5.97 Å². The molecule has 1 saturated heterocycles. The summed E-state index contributed by atoms with van der Waals surface area (Å²) in [6.07, 6.45) is 1.81. The lowest BCUT2D eigenvalue weighted by Gasteiger charge is -2.33. The zero-order valence-electron chi connectivity index (χ0n) is 18.7. The van der Waals surface area contributed by atoms with Crippen molar-refractivity contribution < 1.29 is 14.3 Å². The van der Waals surface area contributed by atoms with Gasteiger partial charge in [-0.3, -0.25) is 0 Å². The van der Waals surface area contributed by atoms with Crippen LogP contribution in [0.25, 0.3) is 21.8 Å². The lowest BCUT2D eigenvalue weighted by Crippen LogP contribution is -2.44. The first-order valence-electron chi connectivity index (χ1n) is 11.2. The average molecular weight is 454 g/mol. The van der Waals surface area contributed by atoms with Gasteiger partial charge in [0.25, 0.3) is 0 Å². The molecule has 3 aromatic carbocycles. The largest absolute Gasteiger partial charge is 0.497 e. The van der Waals surface area contributed by atoms with Crippen LogP contribution in [0.5, 0.6) is 5.75 Å². The number of nitrogens with one attached hydrogen (secondary N) is 1. The number of imidazole rings is 1. The Morgan fingerprint density at radius 2 is 1.85 bits per heavy atom. The lowest BCUT2D eigenvalue weighted by atomic mass is 10.0. The van der Waals surface area contributed by atoms with E-state index in [-0.39, 0.29) is 0 Å². The number of ether oxygens (including phenoxy) is 2. The zero-order chi connectivity index (χ0) is 23.1. The molecule has 1 fully saturated rings. The van der Waals surface area contributed by atoms with Crippen molar-refractivity contribution in [3.05, 3.63) is 78.1 Å². The van der Waals surface area contributed by atoms with E-state index in [0.717, 1.165) is 65.2 Å². The number of aromatic nitrogens is 2. The van der Waals surface area contributed by atoms with Gasteiger partial charge in [-0.25, -0.2) is 14.8 Å². The second-order valence-corrected chi connectivity index (χ2v) is 8.31. The summed E-state index contributed by atoms with van der Waals surface area (Å²) in [5, 5.41) is 2.09. The molecule has 170 valence electrons. The van der Waals surface area contributed by atoms with Crippen LogP contribution in [0.1, 0.15) is 5.56 Å². The third-order valence-electron chi connectivity index (χ3n) is 6.24. The molecular weight excluding hydrogens is 430 g/mol. The van der Waals surface area contributed by atoms with Gasteiger partial charge in [-0.2, -0.15) is 0 Å². The van der Waals surface area contributed by atoms with E-state index in [4.69, 9.17) is 14.5 Å². The Kier molecular flexibility index (Phi) is 4.91. The van der Waals surface area contributed by atoms with E-state index >= 15 is 0 Å². The maximum Gasteiger partial charge on any atom is 0.365 e. The second-order valence-electron chi connectivity index (χ2n) is 8.31. The number of aromatic amines is 1. The fraction of sp³-hybridized carbons (Fsp3) is 0.192. The number of fused-ring (bicyclic) bond motifs is 2. The summed E-state index contributed by atoms with van der Waals surface area (Å²) in [5.41, 5.74) is 3.00. The van der Waals surface area contributed by atoms with Crippen LogP contribution in [0.3, 0.4) is 0 Å². The number of hydrogen-bond acceptors (Lipinski definition) is 7. The first-order valence-corrected chi connectivity index (χ1v) is 11.2. The molecule has 0 spiro atoms. The molecule has 4 aromatic rings. The number of aliphatic imine (C=N–C) groups is 1. The quantitative estimate of drug-likeness (QED) is 0.375. The SMILES string of the molecule is COc1ccc2nc(N3CCN(C=C4N=C(c5cccc6ccccc56)OC4=O)CC3)[nH]c2c1. The van der Waals surface area contributed by atoms with Crippen LogP contribution < -0.4 is 9.64 Å². The summed E-state index contributed by atoms with van der Waals surface area (Å²) < 4.78 is 10.8. The van der Waals surface area contributed by atoms with Crippen molar-refractivity contribution in [1.29, 1.82) is 0 Å². The topological polar surface area (TPSA) is 83.0 Å². The van der Waals surface area contributed by atoms with E-state index in [1.807, 2.05) is 60.7 Å². The Labute approximate surface area is 196 Å². The molecule has 0 unspecified atom stereocenters. The van der Waals surface area contributed by atoms with E-state index in [1.165, 1.54) is 0 Å². The number of cyclic esters (lactones) is 1. The van der Waals surface area contributed by atoms with Crippen LogP contribution in [0.15, 0.2) is 77.6 Å². The minimum atomic E-state index is -0.420. The van der Waals surface area contributed by atoms with E-state index in [2.05, 4.69) is 19.8 Å². The standard InChI is InChI=1S/C26H23N5O3/c1-33-18-9-10-21-22(15-18)29-26(28-21)31-13-11-30(12-14-31)16-23-25(32)34-24(27-23)20-8-4-6-17-5-2-3-7-19(17)20/h2-10,15-16H,11-14H2,1H3,(H,28,29). The van der Waals surface area contributed by atoms with Gasteiger partial charge < -0.3 is 24.3 Å². The number of nitrogens with zero attached hydrogens (tertiary/aromatic N) is 4. The van der Waals surface area contributed by atoms with Gasteiger partial charge >= 0.3 is 5.97 Å². The normalized spacial score (nSPS) is 17.5. The molecule has 2 aliphatic rings. The van der Waals surface area contributed by atoms with Crippen molar-refractivity contribution in [2.45, 2.75) is 0 Å². The summed E-state index contributed by atoms with van der Waals surface area (Å²) in [4.78, 5) is 29.5. The number of piperazine rings is 1. The zero-order valence-corrected chi connectivity index (χ0v) is 18.7. The monoisotopic (exact) mass is 453 g/mol.